The molecule has 15 heavy (non-hydrogen) atoms. The van der Waals surface area contributed by atoms with Crippen molar-refractivity contribution in [3.63, 3.8) is 0 Å². The Kier molecular flexibility index (Phi) is 3.63. The standard InChI is InChI=1S/C10H12N2O3/c11-4-6-1-2-8(13)7(3-6)10(15)9(14)5-12/h1-3,9-10,13-15H,5,12H2. The zero-order valence-electron chi connectivity index (χ0n) is 7.96. The lowest BCUT2D eigenvalue weighted by atomic mass is 10.0. The van der Waals surface area contributed by atoms with Crippen molar-refractivity contribution in [1.82, 2.24) is 0 Å². The van der Waals surface area contributed by atoms with Crippen LogP contribution >= 0.6 is 0 Å². The van der Waals surface area contributed by atoms with Gasteiger partial charge in [0.1, 0.15) is 11.9 Å². The molecule has 1 aromatic rings. The Morgan fingerprint density at radius 2 is 2.07 bits per heavy atom. The summed E-state index contributed by atoms with van der Waals surface area (Å²) in [6.07, 6.45) is -2.45. The zero-order valence-corrected chi connectivity index (χ0v) is 7.96. The highest BCUT2D eigenvalue weighted by atomic mass is 16.3. The summed E-state index contributed by atoms with van der Waals surface area (Å²) in [6.45, 7) is -0.128. The average molecular weight is 208 g/mol. The van der Waals surface area contributed by atoms with Crippen LogP contribution in [0.3, 0.4) is 0 Å². The Morgan fingerprint density at radius 3 is 2.60 bits per heavy atom. The predicted molar refractivity (Wildman–Crippen MR) is 52.8 cm³/mol. The van der Waals surface area contributed by atoms with Gasteiger partial charge in [0.25, 0.3) is 0 Å². The topological polar surface area (TPSA) is 110 Å². The minimum absolute atomic E-state index is 0.104. The molecule has 1 rings (SSSR count). The molecule has 2 unspecified atom stereocenters. The summed E-state index contributed by atoms with van der Waals surface area (Å²) < 4.78 is 0. The van der Waals surface area contributed by atoms with Crippen LogP contribution in [0.25, 0.3) is 0 Å². The van der Waals surface area contributed by atoms with Gasteiger partial charge in [-0.1, -0.05) is 0 Å². The van der Waals surface area contributed by atoms with Gasteiger partial charge in [0.05, 0.1) is 17.7 Å². The third kappa shape index (κ3) is 2.44. The van der Waals surface area contributed by atoms with E-state index in [0.717, 1.165) is 0 Å². The van der Waals surface area contributed by atoms with E-state index in [2.05, 4.69) is 0 Å². The molecule has 0 radical (unpaired) electrons. The number of phenols is 1. The second kappa shape index (κ2) is 4.75. The normalized spacial score (nSPS) is 14.3. The molecular weight excluding hydrogens is 196 g/mol. The smallest absolute Gasteiger partial charge is 0.121 e. The number of benzene rings is 1. The number of nitrogens with zero attached hydrogens (tertiary/aromatic N) is 1. The molecule has 0 aromatic heterocycles. The number of aromatic hydroxyl groups is 1. The Balaban J connectivity index is 3.07. The lowest BCUT2D eigenvalue weighted by Gasteiger charge is -2.17. The van der Waals surface area contributed by atoms with Crippen LogP contribution in [0.15, 0.2) is 18.2 Å². The fraction of sp³-hybridized carbons (Fsp3) is 0.300. The number of aliphatic hydroxyl groups excluding tert-OH is 2. The molecule has 0 saturated carbocycles. The highest BCUT2D eigenvalue weighted by Crippen LogP contribution is 2.27. The van der Waals surface area contributed by atoms with Crippen molar-refractivity contribution in [3.05, 3.63) is 29.3 Å². The maximum Gasteiger partial charge on any atom is 0.121 e. The molecule has 2 atom stereocenters. The molecule has 0 amide bonds. The quantitative estimate of drug-likeness (QED) is 0.541. The monoisotopic (exact) mass is 208 g/mol. The summed E-state index contributed by atoms with van der Waals surface area (Å²) in [5.74, 6) is -0.172. The van der Waals surface area contributed by atoms with Crippen LogP contribution in [0, 0.1) is 11.3 Å². The van der Waals surface area contributed by atoms with E-state index in [9.17, 15) is 15.3 Å². The molecule has 5 N–H and O–H groups in total. The highest BCUT2D eigenvalue weighted by molar-refractivity contribution is 5.42. The fourth-order valence-corrected chi connectivity index (χ4v) is 1.20. The molecule has 5 nitrogen and oxygen atoms in total. The van der Waals surface area contributed by atoms with Crippen LogP contribution in [0.4, 0.5) is 0 Å². The van der Waals surface area contributed by atoms with Crippen molar-refractivity contribution in [1.29, 1.82) is 5.26 Å². The van der Waals surface area contributed by atoms with Gasteiger partial charge in [-0.2, -0.15) is 5.26 Å². The van der Waals surface area contributed by atoms with Crippen LogP contribution in [0.1, 0.15) is 17.2 Å². The molecule has 5 heteroatoms. The van der Waals surface area contributed by atoms with Crippen LogP contribution in [-0.2, 0) is 0 Å². The Morgan fingerprint density at radius 1 is 1.40 bits per heavy atom. The molecule has 80 valence electrons. The van der Waals surface area contributed by atoms with Crippen molar-refractivity contribution in [2.24, 2.45) is 5.73 Å². The Labute approximate surface area is 87.0 Å². The number of hydrogen-bond acceptors (Lipinski definition) is 5. The maximum absolute atomic E-state index is 9.59. The van der Waals surface area contributed by atoms with Gasteiger partial charge in [0, 0.05) is 12.1 Å². The molecule has 0 heterocycles. The molecule has 0 fully saturated rings. The summed E-state index contributed by atoms with van der Waals surface area (Å²) >= 11 is 0. The van der Waals surface area contributed by atoms with E-state index in [1.54, 1.807) is 0 Å². The predicted octanol–water partition coefficient (Wildman–Crippen LogP) is -0.383. The van der Waals surface area contributed by atoms with Gasteiger partial charge in [-0.3, -0.25) is 0 Å². The van der Waals surface area contributed by atoms with Gasteiger partial charge >= 0.3 is 0 Å². The molecule has 1 aromatic carbocycles. The molecule has 0 saturated heterocycles. The van der Waals surface area contributed by atoms with E-state index in [1.165, 1.54) is 18.2 Å². The average Bonchev–Trinajstić information content (AvgIpc) is 2.27. The van der Waals surface area contributed by atoms with E-state index in [4.69, 9.17) is 11.0 Å². The van der Waals surface area contributed by atoms with E-state index >= 15 is 0 Å². The van der Waals surface area contributed by atoms with E-state index in [-0.39, 0.29) is 17.9 Å². The molecule has 0 bridgehead atoms. The van der Waals surface area contributed by atoms with Gasteiger partial charge in [0.2, 0.25) is 0 Å². The van der Waals surface area contributed by atoms with E-state index in [0.29, 0.717) is 5.56 Å². The molecular formula is C10H12N2O3. The third-order valence-electron chi connectivity index (χ3n) is 2.08. The van der Waals surface area contributed by atoms with Crippen LogP contribution in [0.2, 0.25) is 0 Å². The first-order valence-corrected chi connectivity index (χ1v) is 4.39. The second-order valence-corrected chi connectivity index (χ2v) is 3.13. The number of phenolic OH excluding ortho intramolecular Hbond substituents is 1. The summed E-state index contributed by atoms with van der Waals surface area (Å²) in [6, 6.07) is 5.90. The van der Waals surface area contributed by atoms with E-state index < -0.39 is 12.2 Å². The zero-order chi connectivity index (χ0) is 11.4. The molecule has 0 aliphatic heterocycles. The van der Waals surface area contributed by atoms with Gasteiger partial charge in [-0.25, -0.2) is 0 Å². The minimum Gasteiger partial charge on any atom is -0.508 e. The van der Waals surface area contributed by atoms with E-state index in [1.807, 2.05) is 6.07 Å². The molecule has 0 aliphatic carbocycles. The minimum atomic E-state index is -1.29. The summed E-state index contributed by atoms with van der Waals surface area (Å²) in [5, 5.41) is 36.9. The summed E-state index contributed by atoms with van der Waals surface area (Å²) in [5.41, 5.74) is 5.58. The first-order chi connectivity index (χ1) is 7.10. The second-order valence-electron chi connectivity index (χ2n) is 3.13. The Hall–Kier alpha value is -1.61. The highest BCUT2D eigenvalue weighted by Gasteiger charge is 2.20. The van der Waals surface area contributed by atoms with Crippen molar-refractivity contribution in [3.8, 4) is 11.8 Å². The molecule has 0 spiro atoms. The largest absolute Gasteiger partial charge is 0.508 e. The molecule has 0 aliphatic rings. The first kappa shape index (κ1) is 11.5. The van der Waals surface area contributed by atoms with Crippen LogP contribution < -0.4 is 5.73 Å². The Bertz CT molecular complexity index is 387. The van der Waals surface area contributed by atoms with Gasteiger partial charge < -0.3 is 21.1 Å². The van der Waals surface area contributed by atoms with Crippen molar-refractivity contribution < 1.29 is 15.3 Å². The van der Waals surface area contributed by atoms with Gasteiger partial charge in [0.15, 0.2) is 0 Å². The van der Waals surface area contributed by atoms with Crippen LogP contribution in [0.5, 0.6) is 5.75 Å². The number of hydrogen-bond donors (Lipinski definition) is 4. The third-order valence-corrected chi connectivity index (χ3v) is 2.08. The lowest BCUT2D eigenvalue weighted by molar-refractivity contribution is 0.0229. The summed E-state index contributed by atoms with van der Waals surface area (Å²) in [4.78, 5) is 0. The number of aliphatic hydroxyl groups is 2. The van der Waals surface area contributed by atoms with Crippen molar-refractivity contribution in [2.45, 2.75) is 12.2 Å². The first-order valence-electron chi connectivity index (χ1n) is 4.39. The number of rotatable bonds is 3. The van der Waals surface area contributed by atoms with Gasteiger partial charge in [-0.05, 0) is 18.2 Å². The fourth-order valence-electron chi connectivity index (χ4n) is 1.20. The van der Waals surface area contributed by atoms with Crippen molar-refractivity contribution in [2.75, 3.05) is 6.54 Å². The number of nitriles is 1. The summed E-state index contributed by atoms with van der Waals surface area (Å²) in [7, 11) is 0. The van der Waals surface area contributed by atoms with Gasteiger partial charge in [-0.15, -0.1) is 0 Å². The van der Waals surface area contributed by atoms with Crippen LogP contribution in [-0.4, -0.2) is 28.0 Å². The number of nitrogens with two attached hydrogens (primary N) is 1. The maximum atomic E-state index is 9.59. The lowest BCUT2D eigenvalue weighted by Crippen LogP contribution is -2.27. The van der Waals surface area contributed by atoms with Crippen molar-refractivity contribution >= 4 is 0 Å². The SMILES string of the molecule is N#Cc1ccc(O)c(C(O)C(O)CN)c1.